The lowest BCUT2D eigenvalue weighted by Gasteiger charge is -2.15. The highest BCUT2D eigenvalue weighted by Crippen LogP contribution is 2.27. The molecule has 0 aliphatic heterocycles. The summed E-state index contributed by atoms with van der Waals surface area (Å²) in [6.45, 7) is 4.89. The molecule has 0 saturated heterocycles. The number of rotatable bonds is 7. The first-order chi connectivity index (χ1) is 7.81. The summed E-state index contributed by atoms with van der Waals surface area (Å²) in [4.78, 5) is 10.2. The van der Waals surface area contributed by atoms with Gasteiger partial charge in [-0.2, -0.15) is 0 Å². The predicted octanol–water partition coefficient (Wildman–Crippen LogP) is 3.91. The zero-order valence-corrected chi connectivity index (χ0v) is 10.1. The van der Waals surface area contributed by atoms with E-state index in [0.29, 0.717) is 18.1 Å². The van der Waals surface area contributed by atoms with E-state index in [0.717, 1.165) is 0 Å². The molecule has 2 nitrogen and oxygen atoms in total. The van der Waals surface area contributed by atoms with Gasteiger partial charge in [0.05, 0.1) is 0 Å². The molecule has 0 fully saturated rings. The average Bonchev–Trinajstić information content (AvgIpc) is 2.30. The van der Waals surface area contributed by atoms with Gasteiger partial charge in [-0.05, 0) is 36.5 Å². The van der Waals surface area contributed by atoms with E-state index in [1.165, 1.54) is 31.2 Å². The Morgan fingerprint density at radius 2 is 1.69 bits per heavy atom. The van der Waals surface area contributed by atoms with Gasteiger partial charge in [0.1, 0.15) is 5.75 Å². The lowest BCUT2D eigenvalue weighted by molar-refractivity contribution is -0.120. The molecule has 0 unspecified atom stereocenters. The summed E-state index contributed by atoms with van der Waals surface area (Å²) >= 11 is 0. The number of hydrogen-bond donors (Lipinski definition) is 0. The van der Waals surface area contributed by atoms with Crippen molar-refractivity contribution in [2.24, 2.45) is 0 Å². The summed E-state index contributed by atoms with van der Waals surface area (Å²) in [5, 5.41) is 0. The zero-order valence-electron chi connectivity index (χ0n) is 10.1. The van der Waals surface area contributed by atoms with Crippen molar-refractivity contribution in [3.05, 3.63) is 29.8 Å². The molecule has 0 saturated carbocycles. The predicted molar refractivity (Wildman–Crippen MR) is 65.7 cm³/mol. The Labute approximate surface area is 97.6 Å². The van der Waals surface area contributed by atoms with Crippen LogP contribution in [0.3, 0.4) is 0 Å². The van der Waals surface area contributed by atoms with Crippen LogP contribution in [0.25, 0.3) is 0 Å². The molecular formula is C14H20O2. The molecule has 0 radical (unpaired) electrons. The first-order valence-electron chi connectivity index (χ1n) is 6.02. The minimum atomic E-state index is 0.463. The molecule has 0 N–H and O–H groups in total. The van der Waals surface area contributed by atoms with Crippen molar-refractivity contribution in [3.63, 3.8) is 0 Å². The summed E-state index contributed by atoms with van der Waals surface area (Å²) in [7, 11) is 0. The molecule has 0 aliphatic carbocycles. The second-order valence-electron chi connectivity index (χ2n) is 4.06. The fraction of sp³-hybridized carbons (Fsp3) is 0.500. The van der Waals surface area contributed by atoms with Crippen molar-refractivity contribution in [1.29, 1.82) is 0 Å². The first-order valence-corrected chi connectivity index (χ1v) is 6.02. The van der Waals surface area contributed by atoms with E-state index in [1.54, 1.807) is 0 Å². The lowest BCUT2D eigenvalue weighted by Crippen LogP contribution is -1.98. The summed E-state index contributed by atoms with van der Waals surface area (Å²) < 4.78 is 4.78. The van der Waals surface area contributed by atoms with Gasteiger partial charge in [0, 0.05) is 0 Å². The maximum absolute atomic E-state index is 10.2. The maximum Gasteiger partial charge on any atom is 0.298 e. The van der Waals surface area contributed by atoms with Crippen LogP contribution in [0.2, 0.25) is 0 Å². The van der Waals surface area contributed by atoms with Crippen LogP contribution in [0, 0.1) is 0 Å². The molecule has 0 aliphatic rings. The lowest BCUT2D eigenvalue weighted by atomic mass is 9.90. The fourth-order valence-corrected chi connectivity index (χ4v) is 2.05. The van der Waals surface area contributed by atoms with Gasteiger partial charge in [-0.25, -0.2) is 0 Å². The molecule has 0 heterocycles. The van der Waals surface area contributed by atoms with E-state index in [2.05, 4.69) is 26.0 Å². The van der Waals surface area contributed by atoms with E-state index < -0.39 is 0 Å². The minimum absolute atomic E-state index is 0.463. The van der Waals surface area contributed by atoms with Gasteiger partial charge in [0.15, 0.2) is 0 Å². The Morgan fingerprint density at radius 3 is 2.12 bits per heavy atom. The van der Waals surface area contributed by atoms with Gasteiger partial charge in [0.25, 0.3) is 6.47 Å². The highest BCUT2D eigenvalue weighted by molar-refractivity contribution is 5.45. The minimum Gasteiger partial charge on any atom is -0.429 e. The van der Waals surface area contributed by atoms with E-state index >= 15 is 0 Å². The third-order valence-electron chi connectivity index (χ3n) is 2.81. The molecule has 0 amide bonds. The Bertz CT molecular complexity index is 297. The molecule has 1 aromatic carbocycles. The Morgan fingerprint density at radius 1 is 1.12 bits per heavy atom. The number of ether oxygens (including phenoxy) is 1. The topological polar surface area (TPSA) is 26.3 Å². The van der Waals surface area contributed by atoms with Gasteiger partial charge >= 0.3 is 0 Å². The van der Waals surface area contributed by atoms with Crippen LogP contribution in [-0.2, 0) is 4.79 Å². The Kier molecular flexibility index (Phi) is 5.62. The molecule has 0 bridgehead atoms. The Balaban J connectivity index is 2.72. The smallest absolute Gasteiger partial charge is 0.298 e. The van der Waals surface area contributed by atoms with Crippen LogP contribution in [0.15, 0.2) is 24.3 Å². The number of carbonyl (C=O) groups excluding carboxylic acids is 1. The summed E-state index contributed by atoms with van der Waals surface area (Å²) in [5.41, 5.74) is 1.35. The molecular weight excluding hydrogens is 200 g/mol. The SMILES string of the molecule is CCCC(CCC)c1ccc(OC=O)cc1. The standard InChI is InChI=1S/C14H20O2/c1-3-5-12(6-4-2)13-7-9-14(10-8-13)16-11-15/h7-12H,3-6H2,1-2H3. The van der Waals surface area contributed by atoms with Gasteiger partial charge in [-0.1, -0.05) is 38.8 Å². The largest absolute Gasteiger partial charge is 0.429 e. The molecule has 0 atom stereocenters. The van der Waals surface area contributed by atoms with Crippen LogP contribution >= 0.6 is 0 Å². The number of benzene rings is 1. The molecule has 1 aromatic rings. The van der Waals surface area contributed by atoms with Gasteiger partial charge in [0.2, 0.25) is 0 Å². The van der Waals surface area contributed by atoms with Crippen LogP contribution < -0.4 is 4.74 Å². The van der Waals surface area contributed by atoms with Crippen LogP contribution in [-0.4, -0.2) is 6.47 Å². The third kappa shape index (κ3) is 3.69. The summed E-state index contributed by atoms with van der Waals surface area (Å²) in [5.74, 6) is 1.26. The highest BCUT2D eigenvalue weighted by Gasteiger charge is 2.09. The molecule has 0 aromatic heterocycles. The summed E-state index contributed by atoms with van der Waals surface area (Å²) in [6, 6.07) is 7.85. The Hall–Kier alpha value is -1.31. The number of carbonyl (C=O) groups is 1. The van der Waals surface area contributed by atoms with Crippen LogP contribution in [0.1, 0.15) is 51.0 Å². The molecule has 2 heteroatoms. The van der Waals surface area contributed by atoms with E-state index in [-0.39, 0.29) is 0 Å². The van der Waals surface area contributed by atoms with Gasteiger partial charge < -0.3 is 4.74 Å². The van der Waals surface area contributed by atoms with Crippen molar-refractivity contribution in [2.45, 2.75) is 45.4 Å². The van der Waals surface area contributed by atoms with E-state index in [9.17, 15) is 4.79 Å². The quantitative estimate of drug-likeness (QED) is 0.651. The second kappa shape index (κ2) is 7.04. The second-order valence-corrected chi connectivity index (χ2v) is 4.06. The van der Waals surface area contributed by atoms with Crippen molar-refractivity contribution < 1.29 is 9.53 Å². The van der Waals surface area contributed by atoms with Crippen molar-refractivity contribution in [1.82, 2.24) is 0 Å². The molecule has 16 heavy (non-hydrogen) atoms. The van der Waals surface area contributed by atoms with Crippen molar-refractivity contribution in [2.75, 3.05) is 0 Å². The monoisotopic (exact) mass is 220 g/mol. The highest BCUT2D eigenvalue weighted by atomic mass is 16.5. The fourth-order valence-electron chi connectivity index (χ4n) is 2.05. The normalized spacial score (nSPS) is 10.4. The van der Waals surface area contributed by atoms with Gasteiger partial charge in [-0.15, -0.1) is 0 Å². The van der Waals surface area contributed by atoms with Crippen LogP contribution in [0.4, 0.5) is 0 Å². The first kappa shape index (κ1) is 12.8. The van der Waals surface area contributed by atoms with Crippen molar-refractivity contribution >= 4 is 6.47 Å². The maximum atomic E-state index is 10.2. The van der Waals surface area contributed by atoms with Crippen molar-refractivity contribution in [3.8, 4) is 5.75 Å². The third-order valence-corrected chi connectivity index (χ3v) is 2.81. The molecule has 88 valence electrons. The molecule has 1 rings (SSSR count). The van der Waals surface area contributed by atoms with Crippen LogP contribution in [0.5, 0.6) is 5.75 Å². The average molecular weight is 220 g/mol. The van der Waals surface area contributed by atoms with E-state index in [4.69, 9.17) is 4.74 Å². The number of hydrogen-bond acceptors (Lipinski definition) is 2. The van der Waals surface area contributed by atoms with E-state index in [1.807, 2.05) is 12.1 Å². The zero-order chi connectivity index (χ0) is 11.8. The van der Waals surface area contributed by atoms with Gasteiger partial charge in [-0.3, -0.25) is 4.79 Å². The molecule has 0 spiro atoms. The summed E-state index contributed by atoms with van der Waals surface area (Å²) in [6.07, 6.45) is 4.86.